The highest BCUT2D eigenvalue weighted by Crippen LogP contribution is 2.05. The topological polar surface area (TPSA) is 53.1 Å². The van der Waals surface area contributed by atoms with Crippen LogP contribution in [0.3, 0.4) is 0 Å². The molecule has 78 valence electrons. The quantitative estimate of drug-likeness (QED) is 0.469. The zero-order chi connectivity index (χ0) is 10.3. The van der Waals surface area contributed by atoms with E-state index in [2.05, 4.69) is 25.7 Å². The van der Waals surface area contributed by atoms with Gasteiger partial charge in [0.2, 0.25) is 0 Å². The first-order valence-corrected chi connectivity index (χ1v) is 5.25. The van der Waals surface area contributed by atoms with E-state index >= 15 is 0 Å². The van der Waals surface area contributed by atoms with E-state index in [-0.39, 0.29) is 6.04 Å². The summed E-state index contributed by atoms with van der Waals surface area (Å²) < 4.78 is 0. The first-order valence-electron chi connectivity index (χ1n) is 5.25. The smallest absolute Gasteiger partial charge is 0.108 e. The highest BCUT2D eigenvalue weighted by molar-refractivity contribution is 5.82. The molecule has 0 aliphatic carbocycles. The van der Waals surface area contributed by atoms with E-state index in [0.29, 0.717) is 5.84 Å². The fraction of sp³-hybridized carbons (Fsp3) is 0.900. The van der Waals surface area contributed by atoms with Crippen LogP contribution in [0.25, 0.3) is 0 Å². The minimum absolute atomic E-state index is 0.150. The molecule has 0 aromatic carbocycles. The van der Waals surface area contributed by atoms with Gasteiger partial charge in [-0.2, -0.15) is 0 Å². The van der Waals surface area contributed by atoms with Crippen LogP contribution in [0.15, 0.2) is 0 Å². The predicted octanol–water partition coefficient (Wildman–Crippen LogP) is 1.82. The van der Waals surface area contributed by atoms with E-state index in [1.807, 2.05) is 0 Å². The third-order valence-corrected chi connectivity index (χ3v) is 2.39. The Morgan fingerprint density at radius 3 is 2.31 bits per heavy atom. The Labute approximate surface area is 81.8 Å². The van der Waals surface area contributed by atoms with E-state index in [0.717, 1.165) is 19.5 Å². The number of hydrogen-bond acceptors (Lipinski definition) is 2. The van der Waals surface area contributed by atoms with Crippen molar-refractivity contribution in [1.82, 2.24) is 4.90 Å². The Bertz CT molecular complexity index is 145. The molecule has 0 aromatic rings. The molecule has 0 aliphatic heterocycles. The molecule has 0 bridgehead atoms. The summed E-state index contributed by atoms with van der Waals surface area (Å²) in [5.41, 5.74) is 5.54. The predicted molar refractivity (Wildman–Crippen MR) is 58.1 cm³/mol. The second-order valence-electron chi connectivity index (χ2n) is 3.36. The zero-order valence-electron chi connectivity index (χ0n) is 9.14. The van der Waals surface area contributed by atoms with Gasteiger partial charge in [0.25, 0.3) is 0 Å². The monoisotopic (exact) mass is 185 g/mol. The summed E-state index contributed by atoms with van der Waals surface area (Å²) in [7, 11) is 0. The maximum Gasteiger partial charge on any atom is 0.108 e. The second-order valence-corrected chi connectivity index (χ2v) is 3.36. The molecule has 3 N–H and O–H groups in total. The van der Waals surface area contributed by atoms with Gasteiger partial charge in [0.05, 0.1) is 6.04 Å². The molecule has 13 heavy (non-hydrogen) atoms. The molecule has 0 aliphatic rings. The van der Waals surface area contributed by atoms with Crippen molar-refractivity contribution in [2.24, 2.45) is 5.73 Å². The molecule has 0 saturated heterocycles. The lowest BCUT2D eigenvalue weighted by molar-refractivity contribution is 0.244. The van der Waals surface area contributed by atoms with Crippen LogP contribution in [-0.4, -0.2) is 29.9 Å². The average molecular weight is 185 g/mol. The second kappa shape index (κ2) is 6.89. The summed E-state index contributed by atoms with van der Waals surface area (Å²) in [5, 5.41) is 7.46. The van der Waals surface area contributed by atoms with Crippen LogP contribution in [0.4, 0.5) is 0 Å². The summed E-state index contributed by atoms with van der Waals surface area (Å²) in [5.74, 6) is 0.306. The number of amidine groups is 1. The summed E-state index contributed by atoms with van der Waals surface area (Å²) in [6.07, 6.45) is 3.33. The van der Waals surface area contributed by atoms with Gasteiger partial charge in [-0.05, 0) is 25.9 Å². The van der Waals surface area contributed by atoms with Gasteiger partial charge in [0.15, 0.2) is 0 Å². The van der Waals surface area contributed by atoms with Gasteiger partial charge in [0.1, 0.15) is 5.84 Å². The Balaban J connectivity index is 4.08. The zero-order valence-corrected chi connectivity index (χ0v) is 9.14. The van der Waals surface area contributed by atoms with E-state index in [1.165, 1.54) is 12.8 Å². The van der Waals surface area contributed by atoms with E-state index in [4.69, 9.17) is 11.1 Å². The molecule has 0 radical (unpaired) electrons. The number of nitrogens with one attached hydrogen (secondary N) is 1. The Hall–Kier alpha value is -0.570. The van der Waals surface area contributed by atoms with Crippen molar-refractivity contribution in [3.63, 3.8) is 0 Å². The van der Waals surface area contributed by atoms with Crippen molar-refractivity contribution in [3.05, 3.63) is 0 Å². The largest absolute Gasteiger partial charge is 0.386 e. The Morgan fingerprint density at radius 2 is 2.00 bits per heavy atom. The average Bonchev–Trinajstić information content (AvgIpc) is 2.11. The van der Waals surface area contributed by atoms with Crippen molar-refractivity contribution >= 4 is 5.84 Å². The number of nitrogens with two attached hydrogens (primary N) is 1. The molecule has 0 heterocycles. The normalized spacial score (nSPS) is 13.2. The number of likely N-dealkylation sites (N-methyl/N-ethyl adjacent to an activating group) is 1. The fourth-order valence-electron chi connectivity index (χ4n) is 1.57. The molecule has 3 heteroatoms. The molecular formula is C10H23N3. The standard InChI is InChI=1S/C10H23N3/c1-4-7-8-13(6-3)9(5-2)10(11)12/h9H,4-8H2,1-3H3,(H3,11,12). The van der Waals surface area contributed by atoms with Gasteiger partial charge >= 0.3 is 0 Å². The molecular weight excluding hydrogens is 162 g/mol. The third-order valence-electron chi connectivity index (χ3n) is 2.39. The molecule has 0 rings (SSSR count). The summed E-state index contributed by atoms with van der Waals surface area (Å²) in [6.45, 7) is 8.44. The van der Waals surface area contributed by atoms with Crippen LogP contribution in [-0.2, 0) is 0 Å². The van der Waals surface area contributed by atoms with Crippen molar-refractivity contribution in [2.45, 2.75) is 46.1 Å². The van der Waals surface area contributed by atoms with Gasteiger partial charge in [-0.25, -0.2) is 0 Å². The van der Waals surface area contributed by atoms with Crippen LogP contribution >= 0.6 is 0 Å². The fourth-order valence-corrected chi connectivity index (χ4v) is 1.57. The van der Waals surface area contributed by atoms with E-state index in [9.17, 15) is 0 Å². The lowest BCUT2D eigenvalue weighted by Gasteiger charge is -2.28. The maximum atomic E-state index is 7.46. The molecule has 0 amide bonds. The van der Waals surface area contributed by atoms with E-state index in [1.54, 1.807) is 0 Å². The molecule has 0 saturated carbocycles. The number of hydrogen-bond donors (Lipinski definition) is 2. The SMILES string of the molecule is CCCCN(CC)C(CC)C(=N)N. The highest BCUT2D eigenvalue weighted by atomic mass is 15.2. The van der Waals surface area contributed by atoms with Crippen molar-refractivity contribution in [1.29, 1.82) is 5.41 Å². The summed E-state index contributed by atoms with van der Waals surface area (Å²) in [6, 6.07) is 0.150. The van der Waals surface area contributed by atoms with Gasteiger partial charge < -0.3 is 5.73 Å². The summed E-state index contributed by atoms with van der Waals surface area (Å²) >= 11 is 0. The summed E-state index contributed by atoms with van der Waals surface area (Å²) in [4.78, 5) is 2.28. The minimum Gasteiger partial charge on any atom is -0.386 e. The minimum atomic E-state index is 0.150. The molecule has 0 fully saturated rings. The van der Waals surface area contributed by atoms with Crippen LogP contribution in [0.5, 0.6) is 0 Å². The first-order chi connectivity index (χ1) is 6.17. The molecule has 1 unspecified atom stereocenters. The lowest BCUT2D eigenvalue weighted by atomic mass is 10.1. The number of unbranched alkanes of at least 4 members (excludes halogenated alkanes) is 1. The van der Waals surface area contributed by atoms with Gasteiger partial charge in [0, 0.05) is 0 Å². The highest BCUT2D eigenvalue weighted by Gasteiger charge is 2.16. The van der Waals surface area contributed by atoms with Crippen molar-refractivity contribution in [3.8, 4) is 0 Å². The number of nitrogens with zero attached hydrogens (tertiary/aromatic N) is 1. The molecule has 1 atom stereocenters. The van der Waals surface area contributed by atoms with Crippen LogP contribution in [0, 0.1) is 5.41 Å². The van der Waals surface area contributed by atoms with Gasteiger partial charge in [-0.1, -0.05) is 27.2 Å². The number of rotatable bonds is 7. The van der Waals surface area contributed by atoms with Gasteiger partial charge in [-0.3, -0.25) is 10.3 Å². The Kier molecular flexibility index (Phi) is 6.59. The maximum absolute atomic E-state index is 7.46. The molecule has 0 aromatic heterocycles. The third kappa shape index (κ3) is 4.27. The van der Waals surface area contributed by atoms with Crippen molar-refractivity contribution in [2.75, 3.05) is 13.1 Å². The first kappa shape index (κ1) is 12.4. The van der Waals surface area contributed by atoms with Crippen LogP contribution < -0.4 is 5.73 Å². The molecule has 0 spiro atoms. The molecule has 3 nitrogen and oxygen atoms in total. The van der Waals surface area contributed by atoms with E-state index < -0.39 is 0 Å². The van der Waals surface area contributed by atoms with Crippen molar-refractivity contribution < 1.29 is 0 Å². The van der Waals surface area contributed by atoms with Crippen LogP contribution in [0.1, 0.15) is 40.0 Å². The Morgan fingerprint density at radius 1 is 1.38 bits per heavy atom. The lowest BCUT2D eigenvalue weighted by Crippen LogP contribution is -2.44. The van der Waals surface area contributed by atoms with Gasteiger partial charge in [-0.15, -0.1) is 0 Å². The van der Waals surface area contributed by atoms with Crippen LogP contribution in [0.2, 0.25) is 0 Å².